The second kappa shape index (κ2) is 6.19. The predicted octanol–water partition coefficient (Wildman–Crippen LogP) is 2.11. The normalized spacial score (nSPS) is 27.7. The molecule has 8 nitrogen and oxygen atoms in total. The largest absolute Gasteiger partial charge is 0.337 e. The van der Waals surface area contributed by atoms with E-state index in [1.807, 2.05) is 30.3 Å². The minimum absolute atomic E-state index is 0.411. The van der Waals surface area contributed by atoms with Crippen LogP contribution in [0.4, 0.5) is 17.7 Å². The monoisotopic (exact) mass is 354 g/mol. The molecule has 26 heavy (non-hydrogen) atoms. The summed E-state index contributed by atoms with van der Waals surface area (Å²) in [5, 5.41) is 11.2. The van der Waals surface area contributed by atoms with Crippen LogP contribution in [0.25, 0.3) is 0 Å². The Balaban J connectivity index is 1.29. The summed E-state index contributed by atoms with van der Waals surface area (Å²) in [6.07, 6.45) is 11.1. The third-order valence-corrected chi connectivity index (χ3v) is 6.18. The van der Waals surface area contributed by atoms with E-state index < -0.39 is 0 Å². The Morgan fingerprint density at radius 2 is 2.04 bits per heavy atom. The lowest BCUT2D eigenvalue weighted by atomic mass is 9.70. The number of fused-ring (bicyclic) bond motifs is 1. The zero-order chi connectivity index (χ0) is 17.6. The van der Waals surface area contributed by atoms with Gasteiger partial charge in [0.2, 0.25) is 11.9 Å². The fourth-order valence-corrected chi connectivity index (χ4v) is 4.94. The molecule has 2 saturated carbocycles. The van der Waals surface area contributed by atoms with Crippen molar-refractivity contribution in [1.82, 2.24) is 30.0 Å². The molecule has 0 aromatic carbocycles. The summed E-state index contributed by atoms with van der Waals surface area (Å²) in [7, 11) is 2.03. The van der Waals surface area contributed by atoms with Crippen LogP contribution in [0.15, 0.2) is 18.6 Å². The fourth-order valence-electron chi connectivity index (χ4n) is 4.94. The van der Waals surface area contributed by atoms with E-state index in [1.165, 1.54) is 38.5 Å². The maximum atomic E-state index is 4.72. The van der Waals surface area contributed by atoms with Gasteiger partial charge < -0.3 is 15.5 Å². The molecule has 4 heterocycles. The van der Waals surface area contributed by atoms with Gasteiger partial charge in [-0.05, 0) is 38.8 Å². The molecule has 0 atom stereocenters. The van der Waals surface area contributed by atoms with Crippen LogP contribution in [0.5, 0.6) is 0 Å². The molecule has 4 fully saturated rings. The Labute approximate surface area is 153 Å². The number of nitrogens with zero attached hydrogens (tertiary/aromatic N) is 6. The van der Waals surface area contributed by atoms with E-state index >= 15 is 0 Å². The smallest absolute Gasteiger partial charge is 0.247 e. The first-order chi connectivity index (χ1) is 12.7. The van der Waals surface area contributed by atoms with Crippen molar-refractivity contribution >= 4 is 17.7 Å². The average molecular weight is 354 g/mol. The van der Waals surface area contributed by atoms with E-state index in [2.05, 4.69) is 30.6 Å². The molecule has 2 aliphatic heterocycles. The highest BCUT2D eigenvalue weighted by Gasteiger charge is 2.55. The second-order valence-electron chi connectivity index (χ2n) is 8.07. The van der Waals surface area contributed by atoms with E-state index in [4.69, 9.17) is 4.98 Å². The van der Waals surface area contributed by atoms with Crippen LogP contribution in [0.2, 0.25) is 0 Å². The van der Waals surface area contributed by atoms with Crippen molar-refractivity contribution < 1.29 is 0 Å². The van der Waals surface area contributed by atoms with Crippen LogP contribution in [-0.4, -0.2) is 50.9 Å². The average Bonchev–Trinajstić information content (AvgIpc) is 3.38. The minimum atomic E-state index is 0.411. The van der Waals surface area contributed by atoms with Crippen LogP contribution in [-0.2, 0) is 0 Å². The van der Waals surface area contributed by atoms with Crippen LogP contribution in [0, 0.1) is 5.41 Å². The molecule has 0 radical (unpaired) electrons. The van der Waals surface area contributed by atoms with Crippen molar-refractivity contribution in [3.05, 3.63) is 18.6 Å². The third kappa shape index (κ3) is 2.72. The van der Waals surface area contributed by atoms with Gasteiger partial charge in [-0.2, -0.15) is 4.98 Å². The topological polar surface area (TPSA) is 83.8 Å². The van der Waals surface area contributed by atoms with Gasteiger partial charge in [-0.3, -0.25) is 0 Å². The van der Waals surface area contributed by atoms with Crippen LogP contribution in [0.3, 0.4) is 0 Å². The zero-order valence-electron chi connectivity index (χ0n) is 15.2. The third-order valence-electron chi connectivity index (χ3n) is 6.18. The lowest BCUT2D eigenvalue weighted by Crippen LogP contribution is -2.41. The number of anilines is 3. The Hall–Kier alpha value is -2.22. The Morgan fingerprint density at radius 1 is 1.19 bits per heavy atom. The van der Waals surface area contributed by atoms with Crippen molar-refractivity contribution in [3.63, 3.8) is 0 Å². The van der Waals surface area contributed by atoms with E-state index in [0.717, 1.165) is 24.9 Å². The standard InChI is InChI=1S/C18H26N8/c1-19-10-18-8-14(9-18)25(11-18)17-20-7-6-15(23-17)22-16-21-12-26(24-16)13-4-2-3-5-13/h6-7,12-14,19H,2-5,8-11H2,1H3,(H,20,22,23,24). The quantitative estimate of drug-likeness (QED) is 0.822. The summed E-state index contributed by atoms with van der Waals surface area (Å²) in [5.74, 6) is 2.18. The molecule has 2 saturated heterocycles. The first-order valence-electron chi connectivity index (χ1n) is 9.67. The first kappa shape index (κ1) is 16.0. The minimum Gasteiger partial charge on any atom is -0.337 e. The van der Waals surface area contributed by atoms with E-state index in [-0.39, 0.29) is 0 Å². The summed E-state index contributed by atoms with van der Waals surface area (Å²) in [5.41, 5.74) is 0.411. The lowest BCUT2D eigenvalue weighted by molar-refractivity contribution is 0.196. The molecular weight excluding hydrogens is 328 g/mol. The highest BCUT2D eigenvalue weighted by atomic mass is 15.4. The highest BCUT2D eigenvalue weighted by Crippen LogP contribution is 2.52. The van der Waals surface area contributed by atoms with Gasteiger partial charge in [0.15, 0.2) is 0 Å². The molecule has 138 valence electrons. The maximum Gasteiger partial charge on any atom is 0.247 e. The summed E-state index contributed by atoms with van der Waals surface area (Å²) >= 11 is 0. The van der Waals surface area contributed by atoms with Crippen molar-refractivity contribution in [1.29, 1.82) is 0 Å². The molecular formula is C18H26N8. The van der Waals surface area contributed by atoms with Gasteiger partial charge in [-0.1, -0.05) is 12.8 Å². The Kier molecular flexibility index (Phi) is 3.81. The van der Waals surface area contributed by atoms with Crippen molar-refractivity contribution in [2.75, 3.05) is 30.4 Å². The summed E-state index contributed by atoms with van der Waals surface area (Å²) < 4.78 is 1.99. The van der Waals surface area contributed by atoms with Gasteiger partial charge >= 0.3 is 0 Å². The molecule has 2 aromatic heterocycles. The van der Waals surface area contributed by atoms with Crippen LogP contribution >= 0.6 is 0 Å². The van der Waals surface area contributed by atoms with Crippen LogP contribution in [0.1, 0.15) is 44.6 Å². The first-order valence-corrected chi connectivity index (χ1v) is 9.67. The summed E-state index contributed by atoms with van der Waals surface area (Å²) in [6.45, 7) is 2.11. The molecule has 0 amide bonds. The Morgan fingerprint density at radius 3 is 2.85 bits per heavy atom. The number of aromatic nitrogens is 5. The molecule has 0 spiro atoms. The number of hydrogen-bond acceptors (Lipinski definition) is 7. The van der Waals surface area contributed by atoms with E-state index in [0.29, 0.717) is 23.4 Å². The number of rotatable bonds is 6. The molecule has 2 aliphatic carbocycles. The van der Waals surface area contributed by atoms with Crippen LogP contribution < -0.4 is 15.5 Å². The molecule has 2 N–H and O–H groups in total. The Bertz CT molecular complexity index is 775. The van der Waals surface area contributed by atoms with Crippen molar-refractivity contribution in [3.8, 4) is 0 Å². The molecule has 4 aliphatic rings. The molecule has 0 unspecified atom stereocenters. The van der Waals surface area contributed by atoms with Gasteiger partial charge in [-0.15, -0.1) is 5.10 Å². The van der Waals surface area contributed by atoms with Gasteiger partial charge in [0, 0.05) is 30.7 Å². The van der Waals surface area contributed by atoms with Gasteiger partial charge in [-0.25, -0.2) is 14.6 Å². The second-order valence-corrected chi connectivity index (χ2v) is 8.07. The highest BCUT2D eigenvalue weighted by molar-refractivity contribution is 5.51. The van der Waals surface area contributed by atoms with E-state index in [9.17, 15) is 0 Å². The molecule has 2 bridgehead atoms. The molecule has 6 rings (SSSR count). The summed E-state index contributed by atoms with van der Waals surface area (Å²) in [4.78, 5) is 16.0. The molecule has 2 aromatic rings. The lowest BCUT2D eigenvalue weighted by Gasteiger charge is -2.36. The van der Waals surface area contributed by atoms with Gasteiger partial charge in [0.1, 0.15) is 12.1 Å². The molecule has 8 heteroatoms. The van der Waals surface area contributed by atoms with Gasteiger partial charge in [0.05, 0.1) is 6.04 Å². The fraction of sp³-hybridized carbons (Fsp3) is 0.667. The van der Waals surface area contributed by atoms with Crippen molar-refractivity contribution in [2.45, 2.75) is 50.6 Å². The SMILES string of the molecule is CNCC12CC(C1)N(c1nccc(Nc3ncn(C4CCCC4)n3)n1)C2. The number of nitrogens with one attached hydrogen (secondary N) is 2. The maximum absolute atomic E-state index is 4.72. The van der Waals surface area contributed by atoms with E-state index in [1.54, 1.807) is 0 Å². The summed E-state index contributed by atoms with van der Waals surface area (Å²) in [6, 6.07) is 2.96. The number of hydrogen-bond donors (Lipinski definition) is 2. The van der Waals surface area contributed by atoms with Crippen molar-refractivity contribution in [2.24, 2.45) is 5.41 Å². The van der Waals surface area contributed by atoms with Gasteiger partial charge in [0.25, 0.3) is 0 Å². The zero-order valence-corrected chi connectivity index (χ0v) is 15.2. The predicted molar refractivity (Wildman–Crippen MR) is 99.6 cm³/mol.